The van der Waals surface area contributed by atoms with E-state index in [0.717, 1.165) is 18.1 Å². The van der Waals surface area contributed by atoms with Crippen molar-refractivity contribution in [2.24, 2.45) is 10.4 Å². The summed E-state index contributed by atoms with van der Waals surface area (Å²) in [5, 5.41) is 3.25. The van der Waals surface area contributed by atoms with Crippen LogP contribution in [0.4, 0.5) is 13.2 Å². The van der Waals surface area contributed by atoms with E-state index in [1.807, 2.05) is 0 Å². The van der Waals surface area contributed by atoms with Gasteiger partial charge in [0.1, 0.15) is 0 Å². The van der Waals surface area contributed by atoms with Crippen LogP contribution < -0.4 is 10.1 Å². The van der Waals surface area contributed by atoms with Crippen LogP contribution in [0.2, 0.25) is 0 Å². The van der Waals surface area contributed by atoms with Crippen molar-refractivity contribution in [3.05, 3.63) is 23.9 Å². The minimum absolute atomic E-state index is 0.0337. The maximum Gasteiger partial charge on any atom is 0.422 e. The summed E-state index contributed by atoms with van der Waals surface area (Å²) in [7, 11) is 1.72. The molecule has 0 atom stereocenters. The number of nitrogens with one attached hydrogen (secondary N) is 1. The molecule has 1 aromatic heterocycles. The van der Waals surface area contributed by atoms with Crippen molar-refractivity contribution in [3.8, 4) is 5.88 Å². The molecule has 8 heteroatoms. The maximum atomic E-state index is 12.2. The summed E-state index contributed by atoms with van der Waals surface area (Å²) in [5.74, 6) is 0.718. The van der Waals surface area contributed by atoms with Crippen LogP contribution in [0.15, 0.2) is 23.3 Å². The van der Waals surface area contributed by atoms with Gasteiger partial charge < -0.3 is 15.0 Å². The van der Waals surface area contributed by atoms with E-state index < -0.39 is 12.8 Å². The van der Waals surface area contributed by atoms with Gasteiger partial charge in [-0.25, -0.2) is 4.98 Å². The van der Waals surface area contributed by atoms with Crippen molar-refractivity contribution in [3.63, 3.8) is 0 Å². The molecule has 0 radical (unpaired) electrons. The highest BCUT2D eigenvalue weighted by Gasteiger charge is 2.53. The minimum atomic E-state index is -4.38. The lowest BCUT2D eigenvalue weighted by molar-refractivity contribution is -0.154. The molecule has 1 aliphatic rings. The number of aromatic nitrogens is 1. The van der Waals surface area contributed by atoms with Gasteiger partial charge in [-0.05, 0) is 25.5 Å². The van der Waals surface area contributed by atoms with Crippen molar-refractivity contribution in [2.45, 2.75) is 46.0 Å². The molecule has 0 spiro atoms. The predicted octanol–water partition coefficient (Wildman–Crippen LogP) is 3.22. The molecule has 1 saturated heterocycles. The second kappa shape index (κ2) is 6.72. The van der Waals surface area contributed by atoms with Gasteiger partial charge in [0.05, 0.1) is 0 Å². The number of nitrogens with zero attached hydrogens (tertiary/aromatic N) is 3. The Kier molecular flexibility index (Phi) is 5.20. The molecule has 1 aromatic rings. The van der Waals surface area contributed by atoms with E-state index in [1.165, 1.54) is 12.3 Å². The van der Waals surface area contributed by atoms with Crippen molar-refractivity contribution in [1.82, 2.24) is 15.2 Å². The highest BCUT2D eigenvalue weighted by Crippen LogP contribution is 2.46. The first kappa shape index (κ1) is 19.3. The summed E-state index contributed by atoms with van der Waals surface area (Å²) >= 11 is 0. The molecule has 0 amide bonds. The number of pyridine rings is 1. The third-order valence-corrected chi connectivity index (χ3v) is 4.99. The Morgan fingerprint density at radius 1 is 1.36 bits per heavy atom. The molecule has 5 nitrogen and oxygen atoms in total. The standard InChI is InChI=1S/C17H25F3N4O/c1-15(2)10-24(16(15,3)4)14(21-5)23-9-12-6-7-22-13(8-12)25-11-17(18,19)20/h6-8H,9-11H2,1-5H3,(H,21,23). The Labute approximate surface area is 146 Å². The molecule has 1 N–H and O–H groups in total. The number of guanidine groups is 1. The molecule has 0 aromatic carbocycles. The molecular weight excluding hydrogens is 333 g/mol. The summed E-state index contributed by atoms with van der Waals surface area (Å²) in [5.41, 5.74) is 0.916. The zero-order valence-electron chi connectivity index (χ0n) is 15.2. The van der Waals surface area contributed by atoms with Gasteiger partial charge in [-0.2, -0.15) is 13.2 Å². The summed E-state index contributed by atoms with van der Waals surface area (Å²) in [6.45, 7) is 8.71. The maximum absolute atomic E-state index is 12.2. The molecular formula is C17H25F3N4O. The largest absolute Gasteiger partial charge is 0.468 e. The zero-order valence-corrected chi connectivity index (χ0v) is 15.2. The number of hydrogen-bond donors (Lipinski definition) is 1. The van der Waals surface area contributed by atoms with E-state index >= 15 is 0 Å². The predicted molar refractivity (Wildman–Crippen MR) is 90.6 cm³/mol. The van der Waals surface area contributed by atoms with Crippen LogP contribution in [-0.2, 0) is 6.54 Å². The van der Waals surface area contributed by atoms with Gasteiger partial charge in [0, 0.05) is 43.4 Å². The van der Waals surface area contributed by atoms with Crippen LogP contribution in [0.5, 0.6) is 5.88 Å². The molecule has 1 fully saturated rings. The fraction of sp³-hybridized carbons (Fsp3) is 0.647. The molecule has 140 valence electrons. The molecule has 1 aliphatic heterocycles. The minimum Gasteiger partial charge on any atom is -0.468 e. The highest BCUT2D eigenvalue weighted by molar-refractivity contribution is 5.82. The topological polar surface area (TPSA) is 49.8 Å². The van der Waals surface area contributed by atoms with Crippen molar-refractivity contribution in [1.29, 1.82) is 0 Å². The Bertz CT molecular complexity index is 641. The number of likely N-dealkylation sites (tertiary alicyclic amines) is 1. The lowest BCUT2D eigenvalue weighted by atomic mass is 9.65. The number of aliphatic imine (C=N–C) groups is 1. The van der Waals surface area contributed by atoms with Crippen molar-refractivity contribution < 1.29 is 17.9 Å². The Hall–Kier alpha value is -1.99. The van der Waals surface area contributed by atoms with Gasteiger partial charge in [-0.1, -0.05) is 13.8 Å². The Morgan fingerprint density at radius 2 is 2.04 bits per heavy atom. The van der Waals surface area contributed by atoms with Crippen LogP contribution in [0.3, 0.4) is 0 Å². The molecule has 0 bridgehead atoms. The van der Waals surface area contributed by atoms with E-state index in [9.17, 15) is 13.2 Å². The zero-order chi connectivity index (χ0) is 18.9. The van der Waals surface area contributed by atoms with Crippen molar-refractivity contribution in [2.75, 3.05) is 20.2 Å². The molecule has 2 heterocycles. The SMILES string of the molecule is CN=C(NCc1ccnc(OCC(F)(F)F)c1)N1CC(C)(C)C1(C)C. The van der Waals surface area contributed by atoms with Crippen LogP contribution in [0, 0.1) is 5.41 Å². The molecule has 0 unspecified atom stereocenters. The smallest absolute Gasteiger partial charge is 0.422 e. The second-order valence-corrected chi connectivity index (χ2v) is 7.34. The number of rotatable bonds is 4. The molecule has 0 aliphatic carbocycles. The normalized spacial score (nSPS) is 19.4. The average molecular weight is 358 g/mol. The van der Waals surface area contributed by atoms with Crippen LogP contribution >= 0.6 is 0 Å². The quantitative estimate of drug-likeness (QED) is 0.663. The van der Waals surface area contributed by atoms with E-state index in [1.54, 1.807) is 13.1 Å². The molecule has 0 saturated carbocycles. The summed E-state index contributed by atoms with van der Waals surface area (Å²) in [6, 6.07) is 3.23. The molecule has 25 heavy (non-hydrogen) atoms. The summed E-state index contributed by atoms with van der Waals surface area (Å²) in [4.78, 5) is 10.3. The monoisotopic (exact) mass is 358 g/mol. The lowest BCUT2D eigenvalue weighted by Gasteiger charge is -2.62. The highest BCUT2D eigenvalue weighted by atomic mass is 19.4. The van der Waals surface area contributed by atoms with E-state index in [0.29, 0.717) is 6.54 Å². The van der Waals surface area contributed by atoms with Crippen LogP contribution in [0.1, 0.15) is 33.3 Å². The number of halogens is 3. The molecule has 2 rings (SSSR count). The van der Waals surface area contributed by atoms with Crippen LogP contribution in [0.25, 0.3) is 0 Å². The van der Waals surface area contributed by atoms with Crippen LogP contribution in [-0.4, -0.2) is 47.8 Å². The van der Waals surface area contributed by atoms with Gasteiger partial charge in [-0.15, -0.1) is 0 Å². The third kappa shape index (κ3) is 4.35. The fourth-order valence-corrected chi connectivity index (χ4v) is 2.67. The Morgan fingerprint density at radius 3 is 2.56 bits per heavy atom. The second-order valence-electron chi connectivity index (χ2n) is 7.34. The number of hydrogen-bond acceptors (Lipinski definition) is 3. The van der Waals surface area contributed by atoms with Gasteiger partial charge in [0.15, 0.2) is 12.6 Å². The first-order chi connectivity index (χ1) is 11.5. The number of alkyl halides is 3. The summed E-state index contributed by atoms with van der Waals surface area (Å²) in [6.07, 6.45) is -2.95. The van der Waals surface area contributed by atoms with Gasteiger partial charge in [0.2, 0.25) is 5.88 Å². The average Bonchev–Trinajstić information content (AvgIpc) is 2.52. The van der Waals surface area contributed by atoms with Crippen molar-refractivity contribution >= 4 is 5.96 Å². The summed E-state index contributed by atoms with van der Waals surface area (Å²) < 4.78 is 41.4. The van der Waals surface area contributed by atoms with Gasteiger partial charge in [-0.3, -0.25) is 4.99 Å². The van der Waals surface area contributed by atoms with E-state index in [2.05, 4.69) is 52.6 Å². The first-order valence-corrected chi connectivity index (χ1v) is 8.09. The number of ether oxygens (including phenoxy) is 1. The third-order valence-electron chi connectivity index (χ3n) is 4.99. The lowest BCUT2D eigenvalue weighted by Crippen LogP contribution is -2.72. The van der Waals surface area contributed by atoms with E-state index in [4.69, 9.17) is 0 Å². The Balaban J connectivity index is 1.97. The van der Waals surface area contributed by atoms with Gasteiger partial charge in [0.25, 0.3) is 0 Å². The van der Waals surface area contributed by atoms with E-state index in [-0.39, 0.29) is 16.8 Å². The fourth-order valence-electron chi connectivity index (χ4n) is 2.67. The first-order valence-electron chi connectivity index (χ1n) is 8.09. The van der Waals surface area contributed by atoms with Gasteiger partial charge >= 0.3 is 6.18 Å².